The maximum absolute atomic E-state index is 12.9. The molecule has 28 heavy (non-hydrogen) atoms. The number of carbonyl (C=O) groups excluding carboxylic acids is 1. The second-order valence-corrected chi connectivity index (χ2v) is 6.83. The summed E-state index contributed by atoms with van der Waals surface area (Å²) in [6.07, 6.45) is 1.48. The Balaban J connectivity index is 1.89. The monoisotopic (exact) mass is 403 g/mol. The molecule has 8 heteroatoms. The lowest BCUT2D eigenvalue weighted by atomic mass is 9.98. The van der Waals surface area contributed by atoms with E-state index in [9.17, 15) is 9.90 Å². The Hall–Kier alpha value is -2.97. The Morgan fingerprint density at radius 1 is 1.11 bits per heavy atom. The molecule has 0 saturated heterocycles. The van der Waals surface area contributed by atoms with Crippen LogP contribution in [0.15, 0.2) is 52.5 Å². The van der Waals surface area contributed by atoms with E-state index in [0.717, 1.165) is 0 Å². The highest BCUT2D eigenvalue weighted by molar-refractivity contribution is 7.10. The zero-order valence-corrected chi connectivity index (χ0v) is 16.5. The lowest BCUT2D eigenvalue weighted by molar-refractivity contribution is 0.0553. The Kier molecular flexibility index (Phi) is 5.91. The quantitative estimate of drug-likeness (QED) is 0.601. The van der Waals surface area contributed by atoms with E-state index in [2.05, 4.69) is 5.32 Å². The highest BCUT2D eigenvalue weighted by Crippen LogP contribution is 2.40. The first-order chi connectivity index (χ1) is 13.5. The van der Waals surface area contributed by atoms with Crippen LogP contribution in [0.1, 0.15) is 21.0 Å². The van der Waals surface area contributed by atoms with Crippen LogP contribution in [0.25, 0.3) is 0 Å². The number of aliphatic hydroxyl groups is 1. The minimum absolute atomic E-state index is 0.0860. The molecule has 0 spiro atoms. The fourth-order valence-corrected chi connectivity index (χ4v) is 3.74. The lowest BCUT2D eigenvalue weighted by Gasteiger charge is -2.25. The van der Waals surface area contributed by atoms with Crippen LogP contribution in [0.4, 0.5) is 0 Å². The van der Waals surface area contributed by atoms with Gasteiger partial charge in [-0.2, -0.15) is 0 Å². The third-order valence-electron chi connectivity index (χ3n) is 4.31. The average Bonchev–Trinajstić information content (AvgIpc) is 3.44. The summed E-state index contributed by atoms with van der Waals surface area (Å²) >= 11 is 1.37. The van der Waals surface area contributed by atoms with E-state index in [0.29, 0.717) is 22.1 Å². The van der Waals surface area contributed by atoms with Crippen LogP contribution >= 0.6 is 11.3 Å². The topological polar surface area (TPSA) is 90.2 Å². The number of benzene rings is 1. The second kappa shape index (κ2) is 8.37. The number of hydrogen-bond donors (Lipinski definition) is 2. The highest BCUT2D eigenvalue weighted by Gasteiger charge is 2.36. The standard InChI is InChI=1S/C20H21NO6S/c1-24-14-9-8-13(17(25-2)18(14)26-3)19(22)21-12-20(23,15-6-4-10-27-15)16-7-5-11-28-16/h4-11,23H,12H2,1-3H3,(H,21,22). The molecule has 0 radical (unpaired) electrons. The van der Waals surface area contributed by atoms with Crippen molar-refractivity contribution in [1.82, 2.24) is 5.32 Å². The summed E-state index contributed by atoms with van der Waals surface area (Å²) in [5, 5.41) is 15.9. The number of hydrogen-bond acceptors (Lipinski definition) is 7. The summed E-state index contributed by atoms with van der Waals surface area (Å²) < 4.78 is 21.3. The third-order valence-corrected chi connectivity index (χ3v) is 5.33. The molecule has 2 aromatic heterocycles. The summed E-state index contributed by atoms with van der Waals surface area (Å²) in [5.74, 6) is 0.921. The number of rotatable bonds is 8. The second-order valence-electron chi connectivity index (χ2n) is 5.88. The summed E-state index contributed by atoms with van der Waals surface area (Å²) in [7, 11) is 4.41. The van der Waals surface area contributed by atoms with Crippen molar-refractivity contribution in [1.29, 1.82) is 0 Å². The average molecular weight is 403 g/mol. The van der Waals surface area contributed by atoms with Crippen LogP contribution < -0.4 is 19.5 Å². The van der Waals surface area contributed by atoms with E-state index in [1.807, 2.05) is 11.4 Å². The van der Waals surface area contributed by atoms with Gasteiger partial charge in [0, 0.05) is 4.88 Å². The van der Waals surface area contributed by atoms with Crippen molar-refractivity contribution in [3.8, 4) is 17.2 Å². The third kappa shape index (κ3) is 3.56. The van der Waals surface area contributed by atoms with E-state index < -0.39 is 11.5 Å². The minimum Gasteiger partial charge on any atom is -0.493 e. The zero-order valence-electron chi connectivity index (χ0n) is 15.7. The van der Waals surface area contributed by atoms with Gasteiger partial charge in [-0.05, 0) is 35.7 Å². The van der Waals surface area contributed by atoms with Gasteiger partial charge in [-0.1, -0.05) is 6.07 Å². The van der Waals surface area contributed by atoms with Gasteiger partial charge in [0.05, 0.1) is 39.7 Å². The number of carbonyl (C=O) groups is 1. The van der Waals surface area contributed by atoms with Gasteiger partial charge in [-0.3, -0.25) is 4.79 Å². The van der Waals surface area contributed by atoms with Gasteiger partial charge in [0.1, 0.15) is 5.76 Å². The van der Waals surface area contributed by atoms with E-state index in [1.165, 1.54) is 38.9 Å². The Labute approximate surface area is 166 Å². The molecule has 0 aliphatic carbocycles. The first-order valence-electron chi connectivity index (χ1n) is 8.42. The predicted molar refractivity (Wildman–Crippen MR) is 104 cm³/mol. The number of ether oxygens (including phenoxy) is 3. The molecule has 0 saturated carbocycles. The van der Waals surface area contributed by atoms with E-state index in [1.54, 1.807) is 30.3 Å². The molecular formula is C20H21NO6S. The molecular weight excluding hydrogens is 382 g/mol. The van der Waals surface area contributed by atoms with Crippen molar-refractivity contribution in [2.45, 2.75) is 5.60 Å². The molecule has 7 nitrogen and oxygen atoms in total. The molecule has 0 fully saturated rings. The van der Waals surface area contributed by atoms with Gasteiger partial charge in [0.25, 0.3) is 5.91 Å². The fraction of sp³-hybridized carbons (Fsp3) is 0.250. The van der Waals surface area contributed by atoms with Crippen molar-refractivity contribution in [2.75, 3.05) is 27.9 Å². The van der Waals surface area contributed by atoms with Crippen molar-refractivity contribution in [3.63, 3.8) is 0 Å². The summed E-state index contributed by atoms with van der Waals surface area (Å²) in [6.45, 7) is -0.0860. The molecule has 1 aromatic carbocycles. The fourth-order valence-electron chi connectivity index (χ4n) is 2.91. The first-order valence-corrected chi connectivity index (χ1v) is 9.30. The molecule has 1 amide bonds. The maximum atomic E-state index is 12.9. The molecule has 0 bridgehead atoms. The Morgan fingerprint density at radius 3 is 2.46 bits per heavy atom. The maximum Gasteiger partial charge on any atom is 0.255 e. The molecule has 3 aromatic rings. The van der Waals surface area contributed by atoms with Gasteiger partial charge >= 0.3 is 0 Å². The molecule has 2 N–H and O–H groups in total. The van der Waals surface area contributed by atoms with Gasteiger partial charge in [0.2, 0.25) is 5.75 Å². The van der Waals surface area contributed by atoms with Gasteiger partial charge < -0.3 is 29.1 Å². The van der Waals surface area contributed by atoms with Crippen molar-refractivity contribution in [3.05, 3.63) is 64.2 Å². The molecule has 3 rings (SSSR count). The molecule has 2 heterocycles. The smallest absolute Gasteiger partial charge is 0.255 e. The summed E-state index contributed by atoms with van der Waals surface area (Å²) in [5.41, 5.74) is -1.23. The van der Waals surface area contributed by atoms with Crippen LogP contribution in [-0.4, -0.2) is 38.9 Å². The molecule has 148 valence electrons. The van der Waals surface area contributed by atoms with Gasteiger partial charge in [0.15, 0.2) is 17.1 Å². The minimum atomic E-state index is -1.49. The zero-order chi connectivity index (χ0) is 20.1. The number of furan rings is 1. The first kappa shape index (κ1) is 19.8. The Morgan fingerprint density at radius 2 is 1.89 bits per heavy atom. The van der Waals surface area contributed by atoms with Crippen molar-refractivity contribution < 1.29 is 28.5 Å². The summed E-state index contributed by atoms with van der Waals surface area (Å²) in [6, 6.07) is 10.2. The van der Waals surface area contributed by atoms with Crippen LogP contribution in [0.5, 0.6) is 17.2 Å². The largest absolute Gasteiger partial charge is 0.493 e. The normalized spacial score (nSPS) is 12.9. The molecule has 0 aliphatic rings. The van der Waals surface area contributed by atoms with E-state index in [-0.39, 0.29) is 17.9 Å². The number of amides is 1. The number of methoxy groups -OCH3 is 3. The van der Waals surface area contributed by atoms with Gasteiger partial charge in [-0.15, -0.1) is 11.3 Å². The Bertz CT molecular complexity index is 886. The lowest BCUT2D eigenvalue weighted by Crippen LogP contribution is -2.41. The molecule has 0 aliphatic heterocycles. The van der Waals surface area contributed by atoms with Crippen LogP contribution in [0.3, 0.4) is 0 Å². The van der Waals surface area contributed by atoms with Crippen LogP contribution in [0, 0.1) is 0 Å². The van der Waals surface area contributed by atoms with E-state index in [4.69, 9.17) is 18.6 Å². The SMILES string of the molecule is COc1ccc(C(=O)NCC(O)(c2ccco2)c2cccs2)c(OC)c1OC. The van der Waals surface area contributed by atoms with Crippen molar-refractivity contribution >= 4 is 17.2 Å². The van der Waals surface area contributed by atoms with Gasteiger partial charge in [-0.25, -0.2) is 0 Å². The predicted octanol–water partition coefficient (Wildman–Crippen LogP) is 3.03. The number of nitrogens with one attached hydrogen (secondary N) is 1. The van der Waals surface area contributed by atoms with Crippen LogP contribution in [-0.2, 0) is 5.60 Å². The summed E-state index contributed by atoms with van der Waals surface area (Å²) in [4.78, 5) is 13.5. The molecule has 1 atom stereocenters. The van der Waals surface area contributed by atoms with Crippen molar-refractivity contribution in [2.24, 2.45) is 0 Å². The highest BCUT2D eigenvalue weighted by atomic mass is 32.1. The van der Waals surface area contributed by atoms with Crippen LogP contribution in [0.2, 0.25) is 0 Å². The molecule has 1 unspecified atom stereocenters. The number of thiophene rings is 1. The van der Waals surface area contributed by atoms with E-state index >= 15 is 0 Å².